The van der Waals surface area contributed by atoms with Crippen molar-refractivity contribution >= 4 is 17.5 Å². The average Bonchev–Trinajstić information content (AvgIpc) is 3.07. The van der Waals surface area contributed by atoms with Crippen LogP contribution in [0, 0.1) is 5.92 Å². The number of hydrogen-bond donors (Lipinski definition) is 4. The molecule has 0 spiro atoms. The Balaban J connectivity index is 1.47. The largest absolute Gasteiger partial charge is 0.392 e. The molecule has 0 radical (unpaired) electrons. The summed E-state index contributed by atoms with van der Waals surface area (Å²) >= 11 is 0. The van der Waals surface area contributed by atoms with Gasteiger partial charge in [-0.25, -0.2) is 0 Å². The molecule has 0 aliphatic carbocycles. The van der Waals surface area contributed by atoms with Gasteiger partial charge in [-0.2, -0.15) is 0 Å². The molecular weight excluding hydrogens is 582 g/mol. The fraction of sp³-hybridized carbons (Fsp3) is 0.459. The number of aliphatic hydroxyl groups excluding tert-OH is 2. The molecular formula is C37H49N3O6. The van der Waals surface area contributed by atoms with Crippen LogP contribution in [0.1, 0.15) is 87.2 Å². The molecule has 1 aliphatic rings. The molecule has 248 valence electrons. The molecule has 0 bridgehead atoms. The molecule has 1 saturated heterocycles. The molecule has 1 fully saturated rings. The average molecular weight is 632 g/mol. The zero-order valence-electron chi connectivity index (χ0n) is 27.4. The highest BCUT2D eigenvalue weighted by atomic mass is 16.7. The first-order valence-electron chi connectivity index (χ1n) is 16.2. The van der Waals surface area contributed by atoms with Crippen LogP contribution in [-0.4, -0.2) is 59.2 Å². The van der Waals surface area contributed by atoms with Crippen molar-refractivity contribution in [3.63, 3.8) is 0 Å². The van der Waals surface area contributed by atoms with Crippen molar-refractivity contribution in [3.05, 3.63) is 101 Å². The lowest BCUT2D eigenvalue weighted by molar-refractivity contribution is -0.276. The van der Waals surface area contributed by atoms with Crippen LogP contribution in [0.4, 0.5) is 5.69 Å². The van der Waals surface area contributed by atoms with E-state index in [-0.39, 0.29) is 42.6 Å². The summed E-state index contributed by atoms with van der Waals surface area (Å²) in [5.41, 5.74) is 4.15. The van der Waals surface area contributed by atoms with Crippen LogP contribution < -0.4 is 10.6 Å². The number of carbonyl (C=O) groups is 2. The van der Waals surface area contributed by atoms with Gasteiger partial charge < -0.3 is 30.3 Å². The molecule has 3 aromatic carbocycles. The van der Waals surface area contributed by atoms with Crippen LogP contribution >= 0.6 is 0 Å². The maximum atomic E-state index is 12.7. The van der Waals surface area contributed by atoms with Crippen molar-refractivity contribution in [2.75, 3.05) is 25.5 Å². The Morgan fingerprint density at radius 1 is 0.935 bits per heavy atom. The Kier molecular flexibility index (Phi) is 13.3. The Labute approximate surface area is 272 Å². The molecule has 0 aromatic heterocycles. The number of nitrogens with one attached hydrogen (secondary N) is 2. The molecule has 0 unspecified atom stereocenters. The molecule has 0 saturated carbocycles. The minimum atomic E-state index is -0.683. The van der Waals surface area contributed by atoms with E-state index in [9.17, 15) is 19.8 Å². The van der Waals surface area contributed by atoms with E-state index in [1.54, 1.807) is 0 Å². The number of nitrogens with zero attached hydrogens (tertiary/aromatic N) is 1. The second-order valence-corrected chi connectivity index (χ2v) is 12.3. The number of likely N-dealkylation sites (N-methyl/N-ethyl adjacent to an activating group) is 1. The summed E-state index contributed by atoms with van der Waals surface area (Å²) in [7, 11) is 2.00. The van der Waals surface area contributed by atoms with Crippen LogP contribution in [0.2, 0.25) is 0 Å². The summed E-state index contributed by atoms with van der Waals surface area (Å²) in [6.07, 6.45) is 0.970. The van der Waals surface area contributed by atoms with E-state index in [1.165, 1.54) is 6.92 Å². The van der Waals surface area contributed by atoms with E-state index >= 15 is 0 Å². The van der Waals surface area contributed by atoms with Crippen LogP contribution in [0.3, 0.4) is 0 Å². The number of carbonyl (C=O) groups excluding carboxylic acids is 2. The third-order valence-corrected chi connectivity index (χ3v) is 8.78. The van der Waals surface area contributed by atoms with Gasteiger partial charge in [-0.05, 0) is 55.6 Å². The highest BCUT2D eigenvalue weighted by Crippen LogP contribution is 2.42. The molecule has 46 heavy (non-hydrogen) atoms. The van der Waals surface area contributed by atoms with Gasteiger partial charge in [0.2, 0.25) is 11.8 Å². The van der Waals surface area contributed by atoms with Gasteiger partial charge in [0.05, 0.1) is 24.9 Å². The first-order valence-corrected chi connectivity index (χ1v) is 16.2. The van der Waals surface area contributed by atoms with E-state index < -0.39 is 12.4 Å². The molecule has 6 atom stereocenters. The van der Waals surface area contributed by atoms with Gasteiger partial charge in [0, 0.05) is 49.6 Å². The zero-order valence-corrected chi connectivity index (χ0v) is 27.4. The maximum absolute atomic E-state index is 12.7. The summed E-state index contributed by atoms with van der Waals surface area (Å²) in [5.74, 6) is -0.130. The predicted molar refractivity (Wildman–Crippen MR) is 179 cm³/mol. The Hall–Kier alpha value is -3.60. The number of ether oxygens (including phenoxy) is 2. The van der Waals surface area contributed by atoms with Crippen molar-refractivity contribution in [1.82, 2.24) is 10.2 Å². The SMILES string of the molecule is CC(=O)NCCCCCC(=O)Nc1cccc([C@@H]2O[C@H](CN(C)[C@H](C)[C@@H](O)c3ccccc3)[C@H](C)[C@H](c3ccc(CO)cc3)O2)c1. The van der Waals surface area contributed by atoms with E-state index in [0.29, 0.717) is 25.2 Å². The quantitative estimate of drug-likeness (QED) is 0.160. The molecule has 3 aromatic rings. The van der Waals surface area contributed by atoms with Crippen molar-refractivity contribution in [1.29, 1.82) is 0 Å². The normalized spacial score (nSPS) is 21.0. The van der Waals surface area contributed by atoms with Gasteiger partial charge >= 0.3 is 0 Å². The van der Waals surface area contributed by atoms with Crippen molar-refractivity contribution < 1.29 is 29.3 Å². The lowest BCUT2D eigenvalue weighted by Gasteiger charge is -2.43. The molecule has 2 amide bonds. The number of anilines is 1. The van der Waals surface area contributed by atoms with Gasteiger partial charge in [0.25, 0.3) is 0 Å². The minimum Gasteiger partial charge on any atom is -0.392 e. The summed E-state index contributed by atoms with van der Waals surface area (Å²) in [4.78, 5) is 25.8. The first-order chi connectivity index (χ1) is 22.2. The van der Waals surface area contributed by atoms with Crippen molar-refractivity contribution in [3.8, 4) is 0 Å². The van der Waals surface area contributed by atoms with Gasteiger partial charge in [0.1, 0.15) is 0 Å². The van der Waals surface area contributed by atoms with E-state index in [0.717, 1.165) is 41.5 Å². The standard InChI is InChI=1S/C37H49N3O6/c1-25-33(23-40(4)26(2)35(44)29-12-7-5-8-13-29)45-37(46-36(25)30-19-17-28(24-41)18-20-30)31-14-11-15-32(22-31)39-34(43)16-9-6-10-21-38-27(3)42/h5,7-8,11-15,17-20,22,25-26,33,35-37,41,44H,6,9-10,16,21,23-24H2,1-4H3,(H,38,42)(H,39,43)/t25-,26+,33+,35+,36+,37+/m0/s1. The summed E-state index contributed by atoms with van der Waals surface area (Å²) < 4.78 is 13.3. The monoisotopic (exact) mass is 631 g/mol. The Morgan fingerprint density at radius 2 is 1.67 bits per heavy atom. The van der Waals surface area contributed by atoms with E-state index in [4.69, 9.17) is 9.47 Å². The smallest absolute Gasteiger partial charge is 0.224 e. The number of aliphatic hydroxyl groups is 2. The molecule has 4 N–H and O–H groups in total. The molecule has 9 heteroatoms. The highest BCUT2D eigenvalue weighted by Gasteiger charge is 2.39. The van der Waals surface area contributed by atoms with Crippen LogP contribution in [0.5, 0.6) is 0 Å². The number of benzene rings is 3. The van der Waals surface area contributed by atoms with Crippen molar-refractivity contribution in [2.24, 2.45) is 5.92 Å². The number of unbranched alkanes of at least 4 members (excludes halogenated alkanes) is 2. The zero-order chi connectivity index (χ0) is 33.1. The Morgan fingerprint density at radius 3 is 2.37 bits per heavy atom. The molecule has 1 heterocycles. The number of amides is 2. The maximum Gasteiger partial charge on any atom is 0.224 e. The van der Waals surface area contributed by atoms with Crippen LogP contribution in [0.15, 0.2) is 78.9 Å². The number of hydrogen-bond acceptors (Lipinski definition) is 7. The third-order valence-electron chi connectivity index (χ3n) is 8.78. The highest BCUT2D eigenvalue weighted by molar-refractivity contribution is 5.90. The second kappa shape index (κ2) is 17.4. The van der Waals surface area contributed by atoms with Gasteiger partial charge in [-0.1, -0.05) is 80.1 Å². The lowest BCUT2D eigenvalue weighted by Crippen LogP contribution is -2.46. The second-order valence-electron chi connectivity index (χ2n) is 12.3. The Bertz CT molecular complexity index is 1390. The van der Waals surface area contributed by atoms with Gasteiger partial charge in [-0.3, -0.25) is 14.5 Å². The van der Waals surface area contributed by atoms with Crippen molar-refractivity contribution in [2.45, 2.75) is 83.7 Å². The molecule has 9 nitrogen and oxygen atoms in total. The van der Waals surface area contributed by atoms with Crippen LogP contribution in [0.25, 0.3) is 0 Å². The first kappa shape index (κ1) is 35.3. The lowest BCUT2D eigenvalue weighted by atomic mass is 9.89. The predicted octanol–water partition coefficient (Wildman–Crippen LogP) is 5.66. The van der Waals surface area contributed by atoms with Crippen LogP contribution in [-0.2, 0) is 25.7 Å². The van der Waals surface area contributed by atoms with Gasteiger partial charge in [0.15, 0.2) is 6.29 Å². The van der Waals surface area contributed by atoms with Gasteiger partial charge in [-0.15, -0.1) is 0 Å². The third kappa shape index (κ3) is 9.95. The van der Waals surface area contributed by atoms with E-state index in [2.05, 4.69) is 22.5 Å². The van der Waals surface area contributed by atoms with E-state index in [1.807, 2.05) is 92.8 Å². The molecule has 4 rings (SSSR count). The fourth-order valence-electron chi connectivity index (χ4n) is 5.79. The summed E-state index contributed by atoms with van der Waals surface area (Å²) in [6, 6.07) is 24.9. The topological polar surface area (TPSA) is 120 Å². The number of rotatable bonds is 15. The fourth-order valence-corrected chi connectivity index (χ4v) is 5.79. The summed E-state index contributed by atoms with van der Waals surface area (Å²) in [5, 5.41) is 26.4. The minimum absolute atomic E-state index is 0.0201. The summed E-state index contributed by atoms with van der Waals surface area (Å²) in [6.45, 7) is 6.78. The molecule has 1 aliphatic heterocycles.